The van der Waals surface area contributed by atoms with E-state index in [1.54, 1.807) is 0 Å². The van der Waals surface area contributed by atoms with Crippen LogP contribution in [0, 0.1) is 6.92 Å². The van der Waals surface area contributed by atoms with Gasteiger partial charge in [-0.25, -0.2) is 4.98 Å². The number of ether oxygens (including phenoxy) is 2. The normalized spacial score (nSPS) is 11.0. The van der Waals surface area contributed by atoms with Gasteiger partial charge in [-0.2, -0.15) is 0 Å². The second-order valence-electron chi connectivity index (χ2n) is 7.28. The number of rotatable bonds is 9. The Kier molecular flexibility index (Phi) is 6.55. The molecule has 0 amide bonds. The molecular formula is C25H25ClN2O2. The molecule has 30 heavy (non-hydrogen) atoms. The summed E-state index contributed by atoms with van der Waals surface area (Å²) >= 11 is 5.95. The first-order valence-electron chi connectivity index (χ1n) is 10.2. The second-order valence-corrected chi connectivity index (χ2v) is 7.72. The molecule has 0 N–H and O–H groups in total. The van der Waals surface area contributed by atoms with Gasteiger partial charge in [-0.05, 0) is 68.3 Å². The maximum absolute atomic E-state index is 5.95. The fraction of sp³-hybridized carbons (Fsp3) is 0.240. The van der Waals surface area contributed by atoms with Gasteiger partial charge in [0.25, 0.3) is 0 Å². The Labute approximate surface area is 182 Å². The molecule has 4 aromatic rings. The standard InChI is InChI=1S/C25H25ClN2O2/c1-19-8-12-21(13-9-19)29-17-5-4-16-28-24-7-3-2-6-23(24)27-25(28)18-30-22-14-10-20(26)11-15-22/h2-3,6-15H,4-5,16-18H2,1H3. The van der Waals surface area contributed by atoms with Crippen LogP contribution >= 0.6 is 11.6 Å². The van der Waals surface area contributed by atoms with Crippen LogP contribution in [0.15, 0.2) is 72.8 Å². The van der Waals surface area contributed by atoms with E-state index in [2.05, 4.69) is 29.7 Å². The van der Waals surface area contributed by atoms with Crippen LogP contribution in [-0.2, 0) is 13.2 Å². The minimum absolute atomic E-state index is 0.413. The van der Waals surface area contributed by atoms with Crippen molar-refractivity contribution in [1.29, 1.82) is 0 Å². The summed E-state index contributed by atoms with van der Waals surface area (Å²) in [6, 6.07) is 23.8. The Hall–Kier alpha value is -2.98. The molecule has 0 unspecified atom stereocenters. The molecule has 1 aromatic heterocycles. The molecule has 0 aliphatic carbocycles. The van der Waals surface area contributed by atoms with Gasteiger partial charge in [0.2, 0.25) is 0 Å². The fourth-order valence-electron chi connectivity index (χ4n) is 3.36. The molecule has 4 rings (SSSR count). The van der Waals surface area contributed by atoms with Crippen molar-refractivity contribution < 1.29 is 9.47 Å². The number of fused-ring (bicyclic) bond motifs is 1. The van der Waals surface area contributed by atoms with E-state index in [1.807, 2.05) is 54.6 Å². The molecule has 1 heterocycles. The zero-order valence-electron chi connectivity index (χ0n) is 17.1. The lowest BCUT2D eigenvalue weighted by atomic mass is 10.2. The highest BCUT2D eigenvalue weighted by molar-refractivity contribution is 6.30. The third kappa shape index (κ3) is 5.14. The average molecular weight is 421 g/mol. The second kappa shape index (κ2) is 9.68. The smallest absolute Gasteiger partial charge is 0.147 e. The largest absolute Gasteiger partial charge is 0.494 e. The van der Waals surface area contributed by atoms with Crippen molar-refractivity contribution in [2.24, 2.45) is 0 Å². The molecule has 0 saturated carbocycles. The first kappa shape index (κ1) is 20.3. The maximum Gasteiger partial charge on any atom is 0.147 e. The number of para-hydroxylation sites is 2. The Balaban J connectivity index is 1.37. The average Bonchev–Trinajstić information content (AvgIpc) is 3.12. The SMILES string of the molecule is Cc1ccc(OCCCCn2c(COc3ccc(Cl)cc3)nc3ccccc32)cc1. The maximum atomic E-state index is 5.95. The zero-order valence-corrected chi connectivity index (χ0v) is 17.8. The van der Waals surface area contributed by atoms with E-state index in [-0.39, 0.29) is 0 Å². The molecule has 4 nitrogen and oxygen atoms in total. The van der Waals surface area contributed by atoms with Gasteiger partial charge in [-0.1, -0.05) is 41.4 Å². The third-order valence-electron chi connectivity index (χ3n) is 4.98. The lowest BCUT2D eigenvalue weighted by Crippen LogP contribution is -2.08. The van der Waals surface area contributed by atoms with Crippen molar-refractivity contribution in [3.8, 4) is 11.5 Å². The number of nitrogens with zero attached hydrogens (tertiary/aromatic N) is 2. The van der Waals surface area contributed by atoms with E-state index in [9.17, 15) is 0 Å². The van der Waals surface area contributed by atoms with Crippen LogP contribution < -0.4 is 9.47 Å². The van der Waals surface area contributed by atoms with Crippen LogP contribution in [0.2, 0.25) is 5.02 Å². The van der Waals surface area contributed by atoms with Crippen LogP contribution in [0.1, 0.15) is 24.2 Å². The summed E-state index contributed by atoms with van der Waals surface area (Å²) in [4.78, 5) is 4.78. The molecule has 0 radical (unpaired) electrons. The summed E-state index contributed by atoms with van der Waals surface area (Å²) < 4.78 is 14.0. The van der Waals surface area contributed by atoms with Crippen LogP contribution in [0.3, 0.4) is 0 Å². The molecule has 3 aromatic carbocycles. The summed E-state index contributed by atoms with van der Waals surface area (Å²) in [7, 11) is 0. The zero-order chi connectivity index (χ0) is 20.8. The van der Waals surface area contributed by atoms with Gasteiger partial charge in [0.15, 0.2) is 0 Å². The number of hydrogen-bond donors (Lipinski definition) is 0. The number of hydrogen-bond acceptors (Lipinski definition) is 3. The molecular weight excluding hydrogens is 396 g/mol. The van der Waals surface area contributed by atoms with Crippen LogP contribution in [-0.4, -0.2) is 16.2 Å². The summed E-state index contributed by atoms with van der Waals surface area (Å²) in [5.41, 5.74) is 3.36. The Morgan fingerprint density at radius 1 is 0.833 bits per heavy atom. The quantitative estimate of drug-likeness (QED) is 0.292. The number of halogens is 1. The van der Waals surface area contributed by atoms with Gasteiger partial charge < -0.3 is 14.0 Å². The first-order valence-corrected chi connectivity index (χ1v) is 10.6. The van der Waals surface area contributed by atoms with Crippen molar-refractivity contribution in [2.75, 3.05) is 6.61 Å². The van der Waals surface area contributed by atoms with Gasteiger partial charge in [0, 0.05) is 11.6 Å². The fourth-order valence-corrected chi connectivity index (χ4v) is 3.49. The van der Waals surface area contributed by atoms with E-state index in [0.717, 1.165) is 47.7 Å². The van der Waals surface area contributed by atoms with Gasteiger partial charge >= 0.3 is 0 Å². The molecule has 0 atom stereocenters. The lowest BCUT2D eigenvalue weighted by molar-refractivity contribution is 0.285. The molecule has 0 aliphatic heterocycles. The summed E-state index contributed by atoms with van der Waals surface area (Å²) in [5.74, 6) is 2.63. The minimum Gasteiger partial charge on any atom is -0.494 e. The Morgan fingerprint density at radius 3 is 2.33 bits per heavy atom. The highest BCUT2D eigenvalue weighted by Crippen LogP contribution is 2.21. The van der Waals surface area contributed by atoms with Crippen molar-refractivity contribution in [3.05, 3.63) is 89.2 Å². The summed E-state index contributed by atoms with van der Waals surface area (Å²) in [5, 5.41) is 0.697. The monoisotopic (exact) mass is 420 g/mol. The van der Waals surface area contributed by atoms with Crippen LogP contribution in [0.4, 0.5) is 0 Å². The highest BCUT2D eigenvalue weighted by Gasteiger charge is 2.11. The number of imidazole rings is 1. The predicted octanol–water partition coefficient (Wildman–Crippen LogP) is 6.44. The van der Waals surface area contributed by atoms with Gasteiger partial charge in [-0.15, -0.1) is 0 Å². The molecule has 5 heteroatoms. The molecule has 154 valence electrons. The lowest BCUT2D eigenvalue weighted by Gasteiger charge is -2.11. The Morgan fingerprint density at radius 2 is 1.53 bits per heavy atom. The van der Waals surface area contributed by atoms with E-state index in [0.29, 0.717) is 18.2 Å². The number of unbranched alkanes of at least 4 members (excludes halogenated alkanes) is 1. The predicted molar refractivity (Wildman–Crippen MR) is 121 cm³/mol. The van der Waals surface area contributed by atoms with E-state index >= 15 is 0 Å². The molecule has 0 aliphatic rings. The minimum atomic E-state index is 0.413. The van der Waals surface area contributed by atoms with E-state index in [4.69, 9.17) is 26.1 Å². The number of aromatic nitrogens is 2. The van der Waals surface area contributed by atoms with Crippen molar-refractivity contribution in [1.82, 2.24) is 9.55 Å². The van der Waals surface area contributed by atoms with Crippen molar-refractivity contribution in [2.45, 2.75) is 32.9 Å². The number of aryl methyl sites for hydroxylation is 2. The molecule has 0 saturated heterocycles. The van der Waals surface area contributed by atoms with E-state index < -0.39 is 0 Å². The topological polar surface area (TPSA) is 36.3 Å². The highest BCUT2D eigenvalue weighted by atomic mass is 35.5. The van der Waals surface area contributed by atoms with Gasteiger partial charge in [0.05, 0.1) is 17.6 Å². The summed E-state index contributed by atoms with van der Waals surface area (Å²) in [6.07, 6.45) is 1.97. The van der Waals surface area contributed by atoms with Crippen molar-refractivity contribution in [3.63, 3.8) is 0 Å². The Bertz CT molecular complexity index is 1090. The number of benzene rings is 3. The molecule has 0 spiro atoms. The van der Waals surface area contributed by atoms with Crippen LogP contribution in [0.5, 0.6) is 11.5 Å². The van der Waals surface area contributed by atoms with Gasteiger partial charge in [0.1, 0.15) is 23.9 Å². The summed E-state index contributed by atoms with van der Waals surface area (Å²) in [6.45, 7) is 4.06. The van der Waals surface area contributed by atoms with Crippen molar-refractivity contribution >= 4 is 22.6 Å². The molecule has 0 bridgehead atoms. The van der Waals surface area contributed by atoms with E-state index in [1.165, 1.54) is 5.56 Å². The third-order valence-corrected chi connectivity index (χ3v) is 5.23. The van der Waals surface area contributed by atoms with Gasteiger partial charge in [-0.3, -0.25) is 0 Å². The first-order chi connectivity index (χ1) is 14.7. The molecule has 0 fully saturated rings. The van der Waals surface area contributed by atoms with Crippen LogP contribution in [0.25, 0.3) is 11.0 Å².